The molecule has 7 nitrogen and oxygen atoms in total. The van der Waals surface area contributed by atoms with E-state index in [-0.39, 0.29) is 11.3 Å². The molecular weight excluding hydrogens is 414 g/mol. The number of nitrogens with zero attached hydrogens (tertiary/aromatic N) is 4. The lowest BCUT2D eigenvalue weighted by atomic mass is 9.89. The molecule has 2 aromatic carbocycles. The Kier molecular flexibility index (Phi) is 6.05. The SMILES string of the molecule is CCCc1nnc2c(=O)[nH]c3cc(C(=O)CC4CCN(Cc5ccccc5)CC4)ccc3n12. The van der Waals surface area contributed by atoms with E-state index >= 15 is 0 Å². The number of ketones is 1. The van der Waals surface area contributed by atoms with Crippen molar-refractivity contribution in [3.63, 3.8) is 0 Å². The molecule has 7 heteroatoms. The van der Waals surface area contributed by atoms with Crippen molar-refractivity contribution in [3.05, 3.63) is 75.8 Å². The van der Waals surface area contributed by atoms with Crippen molar-refractivity contribution in [2.24, 2.45) is 5.92 Å². The summed E-state index contributed by atoms with van der Waals surface area (Å²) in [4.78, 5) is 30.9. The largest absolute Gasteiger partial charge is 0.317 e. The zero-order valence-electron chi connectivity index (χ0n) is 19.0. The molecule has 1 saturated heterocycles. The number of nitrogens with one attached hydrogen (secondary N) is 1. The summed E-state index contributed by atoms with van der Waals surface area (Å²) in [6.07, 6.45) is 4.26. The molecule has 0 amide bonds. The number of aromatic nitrogens is 4. The van der Waals surface area contributed by atoms with Gasteiger partial charge in [-0.05, 0) is 62.0 Å². The molecule has 0 unspecified atom stereocenters. The number of carbonyl (C=O) groups is 1. The van der Waals surface area contributed by atoms with Gasteiger partial charge in [0, 0.05) is 24.9 Å². The third-order valence-electron chi connectivity index (χ3n) is 6.64. The Bertz CT molecular complexity index is 1330. The van der Waals surface area contributed by atoms with Crippen LogP contribution < -0.4 is 5.56 Å². The highest BCUT2D eigenvalue weighted by molar-refractivity contribution is 5.99. The number of benzene rings is 2. The van der Waals surface area contributed by atoms with Gasteiger partial charge in [0.15, 0.2) is 5.78 Å². The molecule has 1 N–H and O–H groups in total. The van der Waals surface area contributed by atoms with E-state index in [1.165, 1.54) is 5.56 Å². The normalized spacial score (nSPS) is 15.4. The molecule has 4 aromatic rings. The Morgan fingerprint density at radius 1 is 1.09 bits per heavy atom. The molecule has 0 radical (unpaired) electrons. The van der Waals surface area contributed by atoms with Crippen LogP contribution in [-0.2, 0) is 13.0 Å². The minimum absolute atomic E-state index is 0.136. The van der Waals surface area contributed by atoms with E-state index < -0.39 is 0 Å². The number of fused-ring (bicyclic) bond motifs is 3. The predicted octanol–water partition coefficient (Wildman–Crippen LogP) is 4.01. The summed E-state index contributed by atoms with van der Waals surface area (Å²) >= 11 is 0. The second-order valence-corrected chi connectivity index (χ2v) is 9.04. The van der Waals surface area contributed by atoms with Crippen LogP contribution in [0.15, 0.2) is 53.3 Å². The van der Waals surface area contributed by atoms with Crippen molar-refractivity contribution in [2.75, 3.05) is 13.1 Å². The van der Waals surface area contributed by atoms with Gasteiger partial charge in [0.25, 0.3) is 5.56 Å². The van der Waals surface area contributed by atoms with E-state index in [0.717, 1.165) is 56.7 Å². The van der Waals surface area contributed by atoms with Crippen molar-refractivity contribution in [1.82, 2.24) is 24.5 Å². The number of piperidine rings is 1. The lowest BCUT2D eigenvalue weighted by Crippen LogP contribution is -2.33. The van der Waals surface area contributed by atoms with Gasteiger partial charge in [-0.25, -0.2) is 0 Å². The summed E-state index contributed by atoms with van der Waals surface area (Å²) < 4.78 is 1.81. The average molecular weight is 444 g/mol. The average Bonchev–Trinajstić information content (AvgIpc) is 3.26. The summed E-state index contributed by atoms with van der Waals surface area (Å²) in [6, 6.07) is 16.1. The fraction of sp³-hybridized carbons (Fsp3) is 0.385. The molecule has 1 aliphatic rings. The van der Waals surface area contributed by atoms with Gasteiger partial charge in [0.2, 0.25) is 5.65 Å². The lowest BCUT2D eigenvalue weighted by Gasteiger charge is -2.31. The van der Waals surface area contributed by atoms with Crippen LogP contribution in [0.3, 0.4) is 0 Å². The standard InChI is InChI=1S/C26H29N5O2/c1-2-6-24-28-29-25-26(33)27-21-16-20(9-10-22(21)31(24)25)23(32)15-18-11-13-30(14-12-18)17-19-7-4-3-5-8-19/h3-5,7-10,16,18H,2,6,11-15,17H2,1H3,(H,27,33). The highest BCUT2D eigenvalue weighted by Gasteiger charge is 2.22. The minimum Gasteiger partial charge on any atom is -0.317 e. The van der Waals surface area contributed by atoms with Crippen molar-refractivity contribution in [3.8, 4) is 0 Å². The summed E-state index contributed by atoms with van der Waals surface area (Å²) in [5.74, 6) is 1.30. The van der Waals surface area contributed by atoms with Gasteiger partial charge in [-0.1, -0.05) is 37.3 Å². The number of Topliss-reactive ketones (excluding diaryl/α,β-unsaturated/α-hetero) is 1. The number of rotatable bonds is 7. The van der Waals surface area contributed by atoms with Crippen molar-refractivity contribution >= 4 is 22.5 Å². The molecule has 0 aliphatic carbocycles. The quantitative estimate of drug-likeness (QED) is 0.437. The highest BCUT2D eigenvalue weighted by Crippen LogP contribution is 2.25. The summed E-state index contributed by atoms with van der Waals surface area (Å²) in [5, 5.41) is 8.24. The Labute approximate surface area is 192 Å². The topological polar surface area (TPSA) is 83.4 Å². The van der Waals surface area contributed by atoms with E-state index in [1.54, 1.807) is 6.07 Å². The van der Waals surface area contributed by atoms with Crippen LogP contribution in [-0.4, -0.2) is 43.4 Å². The molecule has 0 atom stereocenters. The third-order valence-corrected chi connectivity index (χ3v) is 6.64. The van der Waals surface area contributed by atoms with Crippen LogP contribution in [0.25, 0.3) is 16.7 Å². The Morgan fingerprint density at radius 2 is 1.88 bits per heavy atom. The van der Waals surface area contributed by atoms with E-state index in [0.29, 0.717) is 29.1 Å². The van der Waals surface area contributed by atoms with Crippen molar-refractivity contribution in [1.29, 1.82) is 0 Å². The molecule has 33 heavy (non-hydrogen) atoms. The second-order valence-electron chi connectivity index (χ2n) is 9.04. The van der Waals surface area contributed by atoms with Crippen LogP contribution in [0, 0.1) is 5.92 Å². The van der Waals surface area contributed by atoms with Crippen LogP contribution in [0.2, 0.25) is 0 Å². The Hall–Kier alpha value is -3.32. The highest BCUT2D eigenvalue weighted by atomic mass is 16.1. The van der Waals surface area contributed by atoms with Gasteiger partial charge in [0.05, 0.1) is 11.0 Å². The van der Waals surface area contributed by atoms with Gasteiger partial charge in [-0.15, -0.1) is 10.2 Å². The lowest BCUT2D eigenvalue weighted by molar-refractivity contribution is 0.0925. The number of aromatic amines is 1. The van der Waals surface area contributed by atoms with Gasteiger partial charge in [0.1, 0.15) is 5.82 Å². The maximum Gasteiger partial charge on any atom is 0.294 e. The minimum atomic E-state index is -0.284. The second kappa shape index (κ2) is 9.27. The fourth-order valence-electron chi connectivity index (χ4n) is 4.86. The molecule has 0 saturated carbocycles. The summed E-state index contributed by atoms with van der Waals surface area (Å²) in [5.41, 5.74) is 3.47. The van der Waals surface area contributed by atoms with E-state index in [4.69, 9.17) is 0 Å². The van der Waals surface area contributed by atoms with E-state index in [2.05, 4.69) is 51.3 Å². The number of aryl methyl sites for hydroxylation is 1. The zero-order valence-corrected chi connectivity index (χ0v) is 19.0. The van der Waals surface area contributed by atoms with Crippen molar-refractivity contribution in [2.45, 2.75) is 45.6 Å². The van der Waals surface area contributed by atoms with Gasteiger partial charge in [-0.2, -0.15) is 0 Å². The first-order chi connectivity index (χ1) is 16.1. The van der Waals surface area contributed by atoms with Crippen molar-refractivity contribution < 1.29 is 4.79 Å². The first kappa shape index (κ1) is 21.5. The van der Waals surface area contributed by atoms with Crippen LogP contribution in [0.4, 0.5) is 0 Å². The Balaban J connectivity index is 1.28. The molecule has 0 spiro atoms. The first-order valence-electron chi connectivity index (χ1n) is 11.8. The Morgan fingerprint density at radius 3 is 2.64 bits per heavy atom. The molecule has 0 bridgehead atoms. The number of likely N-dealkylation sites (tertiary alicyclic amines) is 1. The predicted molar refractivity (Wildman–Crippen MR) is 128 cm³/mol. The fourth-order valence-corrected chi connectivity index (χ4v) is 4.86. The number of hydrogen-bond acceptors (Lipinski definition) is 5. The summed E-state index contributed by atoms with van der Waals surface area (Å²) in [7, 11) is 0. The van der Waals surface area contributed by atoms with Crippen LogP contribution in [0.1, 0.15) is 54.4 Å². The number of hydrogen-bond donors (Lipinski definition) is 1. The van der Waals surface area contributed by atoms with Gasteiger partial charge >= 0.3 is 0 Å². The van der Waals surface area contributed by atoms with Crippen LogP contribution >= 0.6 is 0 Å². The van der Waals surface area contributed by atoms with E-state index in [1.807, 2.05) is 22.6 Å². The van der Waals surface area contributed by atoms with E-state index in [9.17, 15) is 9.59 Å². The molecule has 3 heterocycles. The number of H-pyrrole nitrogens is 1. The molecule has 5 rings (SSSR count). The molecule has 1 aliphatic heterocycles. The molecule has 1 fully saturated rings. The third kappa shape index (κ3) is 4.46. The molecular formula is C26H29N5O2. The maximum absolute atomic E-state index is 13.1. The number of carbonyl (C=O) groups excluding carboxylic acids is 1. The van der Waals surface area contributed by atoms with Gasteiger partial charge in [-0.3, -0.25) is 18.9 Å². The maximum atomic E-state index is 13.1. The van der Waals surface area contributed by atoms with Crippen LogP contribution in [0.5, 0.6) is 0 Å². The monoisotopic (exact) mass is 443 g/mol. The smallest absolute Gasteiger partial charge is 0.294 e. The zero-order chi connectivity index (χ0) is 22.8. The molecule has 2 aromatic heterocycles. The molecule has 170 valence electrons. The first-order valence-corrected chi connectivity index (χ1v) is 11.8. The van der Waals surface area contributed by atoms with Gasteiger partial charge < -0.3 is 4.98 Å². The summed E-state index contributed by atoms with van der Waals surface area (Å²) in [6.45, 7) is 5.07.